The number of carboxylic acid groups (broad SMARTS) is 1. The molecule has 6 nitrogen and oxygen atoms in total. The fraction of sp³-hybridized carbons (Fsp3) is 0.500. The fourth-order valence-corrected chi connectivity index (χ4v) is 2.36. The number of nitro groups is 1. The number of hydrogen-bond acceptors (Lipinski definition) is 4. The Kier molecular flexibility index (Phi) is 3.27. The molecule has 1 heterocycles. The van der Waals surface area contributed by atoms with Crippen LogP contribution < -0.4 is 0 Å². The van der Waals surface area contributed by atoms with Gasteiger partial charge in [0.1, 0.15) is 11.6 Å². The molecule has 96 valence electrons. The summed E-state index contributed by atoms with van der Waals surface area (Å²) in [5.41, 5.74) is 1.63. The van der Waals surface area contributed by atoms with Crippen LogP contribution in [0.3, 0.4) is 0 Å². The smallest absolute Gasteiger partial charge is 0.312 e. The highest BCUT2D eigenvalue weighted by Crippen LogP contribution is 2.32. The first kappa shape index (κ1) is 12.5. The van der Waals surface area contributed by atoms with Crippen molar-refractivity contribution in [2.75, 3.05) is 0 Å². The Balaban J connectivity index is 2.57. The fourth-order valence-electron chi connectivity index (χ4n) is 2.36. The van der Waals surface area contributed by atoms with Gasteiger partial charge in [-0.25, -0.2) is 4.98 Å². The molecule has 1 atom stereocenters. The van der Waals surface area contributed by atoms with Gasteiger partial charge in [-0.15, -0.1) is 0 Å². The third-order valence-corrected chi connectivity index (χ3v) is 3.29. The van der Waals surface area contributed by atoms with E-state index in [-0.39, 0.29) is 11.4 Å². The van der Waals surface area contributed by atoms with E-state index in [0.717, 1.165) is 30.5 Å². The maximum Gasteiger partial charge on any atom is 0.312 e. The molecular weight excluding hydrogens is 236 g/mol. The van der Waals surface area contributed by atoms with E-state index >= 15 is 0 Å². The Morgan fingerprint density at radius 3 is 2.89 bits per heavy atom. The molecule has 6 heteroatoms. The van der Waals surface area contributed by atoms with Crippen molar-refractivity contribution in [3.8, 4) is 0 Å². The van der Waals surface area contributed by atoms with Crippen molar-refractivity contribution < 1.29 is 14.8 Å². The maximum absolute atomic E-state index is 11.1. The molecule has 0 aromatic carbocycles. The zero-order valence-electron chi connectivity index (χ0n) is 10.0. The number of carbonyl (C=O) groups is 1. The summed E-state index contributed by atoms with van der Waals surface area (Å²) < 4.78 is 0. The SMILES string of the molecule is CCC(C(=O)O)c1nc2c(cc1[N+](=O)[O-])CCC2. The molecule has 2 rings (SSSR count). The topological polar surface area (TPSA) is 93.3 Å². The summed E-state index contributed by atoms with van der Waals surface area (Å²) in [5, 5.41) is 20.2. The molecule has 1 aliphatic carbocycles. The molecule has 1 unspecified atom stereocenters. The third-order valence-electron chi connectivity index (χ3n) is 3.29. The van der Waals surface area contributed by atoms with Crippen LogP contribution >= 0.6 is 0 Å². The summed E-state index contributed by atoms with van der Waals surface area (Å²) in [6, 6.07) is 1.50. The summed E-state index contributed by atoms with van der Waals surface area (Å²) >= 11 is 0. The van der Waals surface area contributed by atoms with Crippen LogP contribution in [0, 0.1) is 10.1 Å². The van der Waals surface area contributed by atoms with E-state index in [1.165, 1.54) is 6.07 Å². The second-order valence-electron chi connectivity index (χ2n) is 4.41. The molecule has 0 spiro atoms. The van der Waals surface area contributed by atoms with Gasteiger partial charge in [-0.3, -0.25) is 14.9 Å². The van der Waals surface area contributed by atoms with Gasteiger partial charge in [0.2, 0.25) is 0 Å². The van der Waals surface area contributed by atoms with Crippen LogP contribution in [0.4, 0.5) is 5.69 Å². The Morgan fingerprint density at radius 2 is 2.33 bits per heavy atom. The van der Waals surface area contributed by atoms with Gasteiger partial charge in [0.05, 0.1) is 4.92 Å². The number of aromatic nitrogens is 1. The van der Waals surface area contributed by atoms with E-state index in [2.05, 4.69) is 4.98 Å². The van der Waals surface area contributed by atoms with Gasteiger partial charge in [-0.2, -0.15) is 0 Å². The average Bonchev–Trinajstić information content (AvgIpc) is 2.75. The lowest BCUT2D eigenvalue weighted by Crippen LogP contribution is -2.15. The summed E-state index contributed by atoms with van der Waals surface area (Å²) in [6.07, 6.45) is 2.78. The number of nitrogens with zero attached hydrogens (tertiary/aromatic N) is 2. The Hall–Kier alpha value is -1.98. The second-order valence-corrected chi connectivity index (χ2v) is 4.41. The van der Waals surface area contributed by atoms with Crippen molar-refractivity contribution in [2.45, 2.75) is 38.5 Å². The van der Waals surface area contributed by atoms with Gasteiger partial charge in [-0.05, 0) is 31.2 Å². The number of rotatable bonds is 4. The highest BCUT2D eigenvalue weighted by atomic mass is 16.6. The summed E-state index contributed by atoms with van der Waals surface area (Å²) in [7, 11) is 0. The third kappa shape index (κ3) is 2.05. The molecule has 1 aromatic rings. The Bertz CT molecular complexity index is 513. The minimum atomic E-state index is -1.06. The first-order valence-corrected chi connectivity index (χ1v) is 5.94. The van der Waals surface area contributed by atoms with Crippen LogP contribution in [-0.2, 0) is 17.6 Å². The Labute approximate surface area is 104 Å². The number of fused-ring (bicyclic) bond motifs is 1. The number of hydrogen-bond donors (Lipinski definition) is 1. The van der Waals surface area contributed by atoms with Crippen LogP contribution in [0.5, 0.6) is 0 Å². The molecule has 0 aliphatic heterocycles. The van der Waals surface area contributed by atoms with E-state index in [4.69, 9.17) is 5.11 Å². The lowest BCUT2D eigenvalue weighted by Gasteiger charge is -2.11. The second kappa shape index (κ2) is 4.72. The molecule has 0 bridgehead atoms. The first-order valence-electron chi connectivity index (χ1n) is 5.94. The predicted molar refractivity (Wildman–Crippen MR) is 63.6 cm³/mol. The van der Waals surface area contributed by atoms with Crippen molar-refractivity contribution in [1.29, 1.82) is 0 Å². The number of aryl methyl sites for hydroxylation is 2. The molecular formula is C12H14N2O4. The molecule has 1 N–H and O–H groups in total. The summed E-state index contributed by atoms with van der Waals surface area (Å²) in [6.45, 7) is 1.69. The van der Waals surface area contributed by atoms with Crippen LogP contribution in [0.2, 0.25) is 0 Å². The van der Waals surface area contributed by atoms with Gasteiger partial charge in [0.15, 0.2) is 0 Å². The Morgan fingerprint density at radius 1 is 1.61 bits per heavy atom. The molecule has 0 amide bonds. The van der Waals surface area contributed by atoms with Crippen molar-refractivity contribution >= 4 is 11.7 Å². The lowest BCUT2D eigenvalue weighted by atomic mass is 9.99. The quantitative estimate of drug-likeness (QED) is 0.652. The van der Waals surface area contributed by atoms with Crippen LogP contribution in [0.15, 0.2) is 6.07 Å². The van der Waals surface area contributed by atoms with E-state index in [1.54, 1.807) is 6.92 Å². The van der Waals surface area contributed by atoms with Gasteiger partial charge in [-0.1, -0.05) is 6.92 Å². The first-order chi connectivity index (χ1) is 8.54. The average molecular weight is 250 g/mol. The van der Waals surface area contributed by atoms with E-state index in [0.29, 0.717) is 6.42 Å². The normalized spacial score (nSPS) is 15.2. The van der Waals surface area contributed by atoms with Gasteiger partial charge in [0.25, 0.3) is 5.69 Å². The summed E-state index contributed by atoms with van der Waals surface area (Å²) in [5.74, 6) is -1.97. The highest BCUT2D eigenvalue weighted by molar-refractivity contribution is 5.77. The maximum atomic E-state index is 11.1. The van der Waals surface area contributed by atoms with Crippen LogP contribution in [0.1, 0.15) is 42.6 Å². The van der Waals surface area contributed by atoms with E-state index in [9.17, 15) is 14.9 Å². The number of pyridine rings is 1. The van der Waals surface area contributed by atoms with Crippen LogP contribution in [-0.4, -0.2) is 21.0 Å². The zero-order valence-corrected chi connectivity index (χ0v) is 10.0. The van der Waals surface area contributed by atoms with Gasteiger partial charge in [0, 0.05) is 11.8 Å². The summed E-state index contributed by atoms with van der Waals surface area (Å²) in [4.78, 5) is 25.9. The minimum Gasteiger partial charge on any atom is -0.481 e. The standard InChI is InChI=1S/C12H14N2O4/c1-2-8(12(15)16)11-10(14(17)18)6-7-4-3-5-9(7)13-11/h6,8H,2-5H2,1H3,(H,15,16). The van der Waals surface area contributed by atoms with E-state index in [1.807, 2.05) is 0 Å². The molecule has 1 aromatic heterocycles. The minimum absolute atomic E-state index is 0.0932. The van der Waals surface area contributed by atoms with Crippen molar-refractivity contribution in [3.05, 3.63) is 33.1 Å². The number of carboxylic acids is 1. The molecule has 1 aliphatic rings. The largest absolute Gasteiger partial charge is 0.481 e. The highest BCUT2D eigenvalue weighted by Gasteiger charge is 2.30. The molecule has 18 heavy (non-hydrogen) atoms. The van der Waals surface area contributed by atoms with E-state index < -0.39 is 16.8 Å². The van der Waals surface area contributed by atoms with Gasteiger partial charge < -0.3 is 5.11 Å². The molecule has 0 saturated heterocycles. The monoisotopic (exact) mass is 250 g/mol. The predicted octanol–water partition coefficient (Wildman–Crippen LogP) is 2.06. The molecule has 0 fully saturated rings. The van der Waals surface area contributed by atoms with Crippen molar-refractivity contribution in [3.63, 3.8) is 0 Å². The van der Waals surface area contributed by atoms with Gasteiger partial charge >= 0.3 is 5.97 Å². The lowest BCUT2D eigenvalue weighted by molar-refractivity contribution is -0.386. The van der Waals surface area contributed by atoms with Crippen molar-refractivity contribution in [2.24, 2.45) is 0 Å². The number of aliphatic carboxylic acids is 1. The molecule has 0 radical (unpaired) electrons. The van der Waals surface area contributed by atoms with Crippen molar-refractivity contribution in [1.82, 2.24) is 4.98 Å². The van der Waals surface area contributed by atoms with Crippen LogP contribution in [0.25, 0.3) is 0 Å². The molecule has 0 saturated carbocycles. The zero-order chi connectivity index (χ0) is 13.3.